The summed E-state index contributed by atoms with van der Waals surface area (Å²) in [4.78, 5) is 28.8. The fraction of sp³-hybridized carbons (Fsp3) is 0.167. The maximum atomic E-state index is 11.9. The molecule has 1 heterocycles. The number of aromatic amines is 1. The Balaban J connectivity index is 2.25. The fourth-order valence-electron chi connectivity index (χ4n) is 1.58. The number of hydrogen-bond acceptors (Lipinski definition) is 4. The fourth-order valence-corrected chi connectivity index (χ4v) is 1.58. The van der Waals surface area contributed by atoms with E-state index in [-0.39, 0.29) is 11.6 Å². The van der Waals surface area contributed by atoms with E-state index in [2.05, 4.69) is 15.3 Å². The number of carbonyl (C=O) groups is 1. The number of rotatable bonds is 3. The molecule has 0 bridgehead atoms. The molecule has 0 radical (unpaired) electrons. The first-order chi connectivity index (χ1) is 8.97. The van der Waals surface area contributed by atoms with E-state index in [1.165, 1.54) is 18.3 Å². The van der Waals surface area contributed by atoms with Gasteiger partial charge in [0.1, 0.15) is 11.5 Å². The number of nitro groups is 1. The van der Waals surface area contributed by atoms with E-state index in [0.29, 0.717) is 17.2 Å². The Morgan fingerprint density at radius 3 is 2.74 bits per heavy atom. The molecule has 0 unspecified atom stereocenters. The lowest BCUT2D eigenvalue weighted by Crippen LogP contribution is -2.13. The standard InChI is InChI=1S/C12H12N4O3/c1-7-3-4-9(16(18)19)5-10(7)15-12(17)11-6-13-8(2)14-11/h3-6H,1-2H3,(H,13,14)(H,15,17). The van der Waals surface area contributed by atoms with Gasteiger partial charge in [-0.15, -0.1) is 0 Å². The molecular formula is C12H12N4O3. The maximum Gasteiger partial charge on any atom is 0.273 e. The normalized spacial score (nSPS) is 10.2. The van der Waals surface area contributed by atoms with Crippen LogP contribution in [0.5, 0.6) is 0 Å². The maximum absolute atomic E-state index is 11.9. The third-order valence-electron chi connectivity index (χ3n) is 2.63. The minimum atomic E-state index is -0.505. The van der Waals surface area contributed by atoms with Crippen molar-refractivity contribution in [2.24, 2.45) is 0 Å². The zero-order chi connectivity index (χ0) is 14.0. The van der Waals surface area contributed by atoms with Crippen molar-refractivity contribution in [3.8, 4) is 0 Å². The SMILES string of the molecule is Cc1ncc(C(=O)Nc2cc([N+](=O)[O-])ccc2C)[nH]1. The molecule has 2 N–H and O–H groups in total. The second-order valence-electron chi connectivity index (χ2n) is 4.09. The van der Waals surface area contributed by atoms with E-state index >= 15 is 0 Å². The van der Waals surface area contributed by atoms with Crippen LogP contribution in [0.4, 0.5) is 11.4 Å². The predicted octanol–water partition coefficient (Wildman–Crippen LogP) is 2.19. The number of anilines is 1. The van der Waals surface area contributed by atoms with Gasteiger partial charge in [-0.2, -0.15) is 0 Å². The van der Waals surface area contributed by atoms with E-state index in [0.717, 1.165) is 5.56 Å². The third-order valence-corrected chi connectivity index (χ3v) is 2.63. The second kappa shape index (κ2) is 4.89. The zero-order valence-corrected chi connectivity index (χ0v) is 10.4. The Hall–Kier alpha value is -2.70. The van der Waals surface area contributed by atoms with Crippen LogP contribution in [0.1, 0.15) is 21.9 Å². The smallest absolute Gasteiger partial charge is 0.273 e. The van der Waals surface area contributed by atoms with Crippen molar-refractivity contribution in [3.05, 3.63) is 51.6 Å². The van der Waals surface area contributed by atoms with Crippen LogP contribution in [-0.2, 0) is 0 Å². The van der Waals surface area contributed by atoms with E-state index in [1.807, 2.05) is 0 Å². The first kappa shape index (κ1) is 12.7. The molecule has 2 aromatic rings. The molecule has 7 nitrogen and oxygen atoms in total. The topological polar surface area (TPSA) is 101 Å². The molecule has 0 spiro atoms. The lowest BCUT2D eigenvalue weighted by molar-refractivity contribution is -0.384. The Morgan fingerprint density at radius 1 is 1.42 bits per heavy atom. The molecule has 7 heteroatoms. The number of aromatic nitrogens is 2. The lowest BCUT2D eigenvalue weighted by Gasteiger charge is -2.06. The molecule has 0 aliphatic carbocycles. The average Bonchev–Trinajstić information content (AvgIpc) is 2.78. The number of amides is 1. The van der Waals surface area contributed by atoms with Crippen LogP contribution in [0, 0.1) is 24.0 Å². The lowest BCUT2D eigenvalue weighted by atomic mass is 10.2. The van der Waals surface area contributed by atoms with Crippen LogP contribution in [-0.4, -0.2) is 20.8 Å². The number of benzene rings is 1. The van der Waals surface area contributed by atoms with Gasteiger partial charge in [-0.05, 0) is 19.4 Å². The van der Waals surface area contributed by atoms with Crippen molar-refractivity contribution in [2.75, 3.05) is 5.32 Å². The average molecular weight is 260 g/mol. The van der Waals surface area contributed by atoms with Gasteiger partial charge in [0.05, 0.1) is 16.8 Å². The van der Waals surface area contributed by atoms with Gasteiger partial charge >= 0.3 is 0 Å². The summed E-state index contributed by atoms with van der Waals surface area (Å²) in [6.07, 6.45) is 1.41. The van der Waals surface area contributed by atoms with Crippen LogP contribution >= 0.6 is 0 Å². The highest BCUT2D eigenvalue weighted by Crippen LogP contribution is 2.22. The summed E-state index contributed by atoms with van der Waals surface area (Å²) >= 11 is 0. The molecule has 1 amide bonds. The summed E-state index contributed by atoms with van der Waals surface area (Å²) in [7, 11) is 0. The highest BCUT2D eigenvalue weighted by atomic mass is 16.6. The number of nitrogens with zero attached hydrogens (tertiary/aromatic N) is 2. The molecule has 0 fully saturated rings. The van der Waals surface area contributed by atoms with Crippen LogP contribution < -0.4 is 5.32 Å². The third kappa shape index (κ3) is 2.76. The number of aryl methyl sites for hydroxylation is 2. The van der Waals surface area contributed by atoms with Gasteiger partial charge in [0, 0.05) is 12.1 Å². The highest BCUT2D eigenvalue weighted by Gasteiger charge is 2.13. The molecule has 1 aromatic carbocycles. The van der Waals surface area contributed by atoms with Gasteiger partial charge in [0.15, 0.2) is 0 Å². The highest BCUT2D eigenvalue weighted by molar-refractivity contribution is 6.03. The predicted molar refractivity (Wildman–Crippen MR) is 69.1 cm³/mol. The Kier molecular flexibility index (Phi) is 3.28. The minimum Gasteiger partial charge on any atom is -0.338 e. The van der Waals surface area contributed by atoms with Gasteiger partial charge in [0.2, 0.25) is 0 Å². The molecule has 0 saturated heterocycles. The number of non-ortho nitro benzene ring substituents is 1. The van der Waals surface area contributed by atoms with Crippen molar-refractivity contribution in [1.82, 2.24) is 9.97 Å². The quantitative estimate of drug-likeness (QED) is 0.652. The van der Waals surface area contributed by atoms with Gasteiger partial charge in [-0.3, -0.25) is 14.9 Å². The van der Waals surface area contributed by atoms with E-state index < -0.39 is 4.92 Å². The summed E-state index contributed by atoms with van der Waals surface area (Å²) in [5.41, 5.74) is 1.40. The van der Waals surface area contributed by atoms with E-state index in [4.69, 9.17) is 0 Å². The molecular weight excluding hydrogens is 248 g/mol. The number of hydrogen-bond donors (Lipinski definition) is 2. The van der Waals surface area contributed by atoms with Gasteiger partial charge in [-0.25, -0.2) is 4.98 Å². The first-order valence-electron chi connectivity index (χ1n) is 5.55. The summed E-state index contributed by atoms with van der Waals surface area (Å²) in [6, 6.07) is 4.31. The monoisotopic (exact) mass is 260 g/mol. The van der Waals surface area contributed by atoms with Crippen LogP contribution in [0.2, 0.25) is 0 Å². The van der Waals surface area contributed by atoms with Crippen molar-refractivity contribution < 1.29 is 9.72 Å². The van der Waals surface area contributed by atoms with Crippen LogP contribution in [0.25, 0.3) is 0 Å². The molecule has 0 aliphatic heterocycles. The van der Waals surface area contributed by atoms with Gasteiger partial charge in [0.25, 0.3) is 11.6 Å². The van der Waals surface area contributed by atoms with Crippen molar-refractivity contribution in [2.45, 2.75) is 13.8 Å². The Bertz CT molecular complexity index is 648. The largest absolute Gasteiger partial charge is 0.338 e. The number of carbonyl (C=O) groups excluding carboxylic acids is 1. The summed E-state index contributed by atoms with van der Waals surface area (Å²) in [5.74, 6) is 0.241. The molecule has 0 saturated carbocycles. The Labute approximate surface area is 108 Å². The van der Waals surface area contributed by atoms with Crippen molar-refractivity contribution in [1.29, 1.82) is 0 Å². The molecule has 19 heavy (non-hydrogen) atoms. The zero-order valence-electron chi connectivity index (χ0n) is 10.4. The second-order valence-corrected chi connectivity index (χ2v) is 4.09. The first-order valence-corrected chi connectivity index (χ1v) is 5.55. The molecule has 0 aliphatic rings. The van der Waals surface area contributed by atoms with Gasteiger partial charge in [-0.1, -0.05) is 6.07 Å². The summed E-state index contributed by atoms with van der Waals surface area (Å²) < 4.78 is 0. The minimum absolute atomic E-state index is 0.0679. The molecule has 98 valence electrons. The van der Waals surface area contributed by atoms with Crippen LogP contribution in [0.3, 0.4) is 0 Å². The summed E-state index contributed by atoms with van der Waals surface area (Å²) in [5, 5.41) is 13.3. The molecule has 0 atom stereocenters. The van der Waals surface area contributed by atoms with Crippen LogP contribution in [0.15, 0.2) is 24.4 Å². The number of imidazole rings is 1. The van der Waals surface area contributed by atoms with Gasteiger partial charge < -0.3 is 10.3 Å². The van der Waals surface area contributed by atoms with E-state index in [1.54, 1.807) is 19.9 Å². The number of nitro benzene ring substituents is 1. The van der Waals surface area contributed by atoms with Crippen molar-refractivity contribution in [3.63, 3.8) is 0 Å². The summed E-state index contributed by atoms with van der Waals surface area (Å²) in [6.45, 7) is 3.49. The van der Waals surface area contributed by atoms with E-state index in [9.17, 15) is 14.9 Å². The number of nitrogens with one attached hydrogen (secondary N) is 2. The number of H-pyrrole nitrogens is 1. The Morgan fingerprint density at radius 2 is 2.16 bits per heavy atom. The molecule has 1 aromatic heterocycles. The molecule has 2 rings (SSSR count). The van der Waals surface area contributed by atoms with Crippen molar-refractivity contribution >= 4 is 17.3 Å².